The van der Waals surface area contributed by atoms with Gasteiger partial charge < -0.3 is 20.1 Å². The van der Waals surface area contributed by atoms with E-state index >= 15 is 0 Å². The Morgan fingerprint density at radius 2 is 1.70 bits per heavy atom. The number of benzene rings is 1. The Labute approximate surface area is 157 Å². The van der Waals surface area contributed by atoms with Crippen molar-refractivity contribution in [2.75, 3.05) is 19.5 Å². The first-order chi connectivity index (χ1) is 14.1. The van der Waals surface area contributed by atoms with Gasteiger partial charge in [0.15, 0.2) is 0 Å². The molecule has 148 valence electrons. The number of methoxy groups -OCH3 is 2. The van der Waals surface area contributed by atoms with Crippen LogP contribution >= 0.6 is 0 Å². The van der Waals surface area contributed by atoms with Gasteiger partial charge in [0.1, 0.15) is 6.04 Å². The van der Waals surface area contributed by atoms with Crippen molar-refractivity contribution in [3.63, 3.8) is 0 Å². The quantitative estimate of drug-likeness (QED) is 0.670. The van der Waals surface area contributed by atoms with E-state index in [9.17, 15) is 32.3 Å². The fraction of sp³-hybridized carbons (Fsp3) is 0.375. The molecule has 2 N–H and O–H groups in total. The Morgan fingerprint density at radius 3 is 2.19 bits per heavy atom. The second kappa shape index (κ2) is 9.55. The lowest BCUT2D eigenvalue weighted by molar-refractivity contribution is -0.167. The van der Waals surface area contributed by atoms with Crippen molar-refractivity contribution >= 4 is 29.4 Å². The summed E-state index contributed by atoms with van der Waals surface area (Å²) in [6.07, 6.45) is -11.8. The number of ether oxygens (including phenoxy) is 2. The molecule has 11 heteroatoms. The summed E-state index contributed by atoms with van der Waals surface area (Å²) in [6.45, 7) is 0. The SMILES string of the molecule is [2H]C([2H])(C(=O)OC)C([2H])([2H])[C@H](NC(=O)[13c]1[13cH][13cH][13c](NC(=O)C(F)(F)F)[13cH][13cH]1)C(=O)OC. The van der Waals surface area contributed by atoms with Crippen molar-refractivity contribution in [3.8, 4) is 0 Å². The van der Waals surface area contributed by atoms with E-state index in [0.717, 1.165) is 38.5 Å². The molecule has 0 saturated carbocycles. The third-order valence-electron chi connectivity index (χ3n) is 2.88. The monoisotopic (exact) mass is 400 g/mol. The van der Waals surface area contributed by atoms with Gasteiger partial charge in [0, 0.05) is 23.1 Å². The molecular weight excluding hydrogens is 379 g/mol. The van der Waals surface area contributed by atoms with Crippen molar-refractivity contribution < 1.29 is 47.3 Å². The molecule has 8 nitrogen and oxygen atoms in total. The van der Waals surface area contributed by atoms with Gasteiger partial charge in [-0.3, -0.25) is 14.4 Å². The fourth-order valence-electron chi connectivity index (χ4n) is 1.58. The number of carbonyl (C=O) groups is 4. The Kier molecular flexibility index (Phi) is 5.69. The van der Waals surface area contributed by atoms with Crippen LogP contribution in [-0.4, -0.2) is 50.2 Å². The third kappa shape index (κ3) is 6.96. The lowest BCUT2D eigenvalue weighted by Gasteiger charge is -2.16. The van der Waals surface area contributed by atoms with Gasteiger partial charge in [0.05, 0.1) is 14.2 Å². The molecule has 0 aromatic heterocycles. The predicted molar refractivity (Wildman–Crippen MR) is 85.6 cm³/mol. The summed E-state index contributed by atoms with van der Waals surface area (Å²) in [5, 5.41) is 3.44. The number of nitrogens with one attached hydrogen (secondary N) is 2. The molecule has 0 heterocycles. The number of hydrogen-bond donors (Lipinski definition) is 2. The summed E-state index contributed by atoms with van der Waals surface area (Å²) in [5.74, 6) is -6.45. The molecule has 0 fully saturated rings. The zero-order valence-corrected chi connectivity index (χ0v) is 14.0. The maximum atomic E-state index is 12.4. The smallest absolute Gasteiger partial charge is 0.469 e. The minimum absolute atomic E-state index is 0.284. The van der Waals surface area contributed by atoms with E-state index < -0.39 is 48.7 Å². The van der Waals surface area contributed by atoms with Crippen molar-refractivity contribution in [1.29, 1.82) is 0 Å². The summed E-state index contributed by atoms with van der Waals surface area (Å²) in [5.41, 5.74) is -0.589. The maximum absolute atomic E-state index is 12.4. The Bertz CT molecular complexity index is 862. The molecule has 0 aliphatic carbocycles. The first kappa shape index (κ1) is 16.1. The minimum atomic E-state index is -5.13. The van der Waals surface area contributed by atoms with Gasteiger partial charge in [-0.1, -0.05) is 0 Å². The number of anilines is 1. The van der Waals surface area contributed by atoms with Crippen LogP contribution in [0.4, 0.5) is 18.9 Å². The van der Waals surface area contributed by atoms with Gasteiger partial charge in [0.25, 0.3) is 5.91 Å². The van der Waals surface area contributed by atoms with Crippen LogP contribution in [0.5, 0.6) is 0 Å². The molecule has 0 unspecified atom stereocenters. The number of rotatable bonds is 7. The molecule has 0 spiro atoms. The molecule has 27 heavy (non-hydrogen) atoms. The standard InChI is InChI=1S/C16H17F3N2O6/c1-26-12(22)8-7-11(14(24)27-2)21-13(23)9-3-5-10(6-4-9)20-15(25)16(17,18)19/h3-6,11H,7-8H2,1-2H3,(H,20,25)(H,21,23)/t11-/m0/s1/i3+1,4+1,5+1,6+1,7D2,8D2,9+1,10+1. The number of hydrogen-bond acceptors (Lipinski definition) is 6. The van der Waals surface area contributed by atoms with Gasteiger partial charge in [-0.15, -0.1) is 0 Å². The topological polar surface area (TPSA) is 111 Å². The van der Waals surface area contributed by atoms with E-state index in [0.29, 0.717) is 0 Å². The number of esters is 2. The normalized spacial score (nSPS) is 15.1. The number of halogens is 3. The Hall–Kier alpha value is -3.11. The number of amides is 2. The average molecular weight is 400 g/mol. The van der Waals surface area contributed by atoms with Gasteiger partial charge >= 0.3 is 24.0 Å². The summed E-state index contributed by atoms with van der Waals surface area (Å²) >= 11 is 0. The van der Waals surface area contributed by atoms with Crippen LogP contribution in [0.1, 0.15) is 28.6 Å². The largest absolute Gasteiger partial charge is 0.471 e. The summed E-state index contributed by atoms with van der Waals surface area (Å²) < 4.78 is 76.5. The summed E-state index contributed by atoms with van der Waals surface area (Å²) in [4.78, 5) is 46.9. The van der Waals surface area contributed by atoms with Crippen LogP contribution in [0.15, 0.2) is 24.3 Å². The van der Waals surface area contributed by atoms with E-state index in [-0.39, 0.29) is 11.3 Å². The molecule has 0 aliphatic rings. The van der Waals surface area contributed by atoms with Crippen LogP contribution in [0, 0.1) is 0 Å². The Morgan fingerprint density at radius 1 is 1.11 bits per heavy atom. The van der Waals surface area contributed by atoms with Crippen LogP contribution in [0.2, 0.25) is 0 Å². The molecule has 0 aliphatic heterocycles. The van der Waals surface area contributed by atoms with Crippen LogP contribution < -0.4 is 10.6 Å². The van der Waals surface area contributed by atoms with E-state index in [1.165, 1.54) is 0 Å². The lowest BCUT2D eigenvalue weighted by Crippen LogP contribution is -2.41. The van der Waals surface area contributed by atoms with Gasteiger partial charge in [0.2, 0.25) is 0 Å². The minimum Gasteiger partial charge on any atom is -0.469 e. The summed E-state index contributed by atoms with van der Waals surface area (Å²) in [6, 6.07) is 1.49. The fourth-order valence-corrected chi connectivity index (χ4v) is 1.58. The van der Waals surface area contributed by atoms with Crippen molar-refractivity contribution in [2.45, 2.75) is 25.0 Å². The van der Waals surface area contributed by atoms with Crippen LogP contribution in [-0.2, 0) is 23.9 Å². The van der Waals surface area contributed by atoms with Crippen LogP contribution in [0.3, 0.4) is 0 Å². The van der Waals surface area contributed by atoms with E-state index in [4.69, 9.17) is 5.48 Å². The second-order valence-electron chi connectivity index (χ2n) is 4.72. The first-order valence-corrected chi connectivity index (χ1v) is 7.05. The highest BCUT2D eigenvalue weighted by molar-refractivity contribution is 5.98. The highest BCUT2D eigenvalue weighted by atomic mass is 19.4. The van der Waals surface area contributed by atoms with E-state index in [2.05, 4.69) is 9.47 Å². The van der Waals surface area contributed by atoms with Crippen molar-refractivity contribution in [3.05, 3.63) is 29.8 Å². The van der Waals surface area contributed by atoms with Crippen molar-refractivity contribution in [2.24, 2.45) is 0 Å². The molecule has 0 bridgehead atoms. The van der Waals surface area contributed by atoms with Gasteiger partial charge in [-0.05, 0) is 30.6 Å². The average Bonchev–Trinajstić information content (AvgIpc) is 2.69. The zero-order valence-electron chi connectivity index (χ0n) is 18.0. The van der Waals surface area contributed by atoms with Gasteiger partial charge in [-0.2, -0.15) is 13.2 Å². The number of alkyl halides is 3. The number of carbonyl (C=O) groups excluding carboxylic acids is 4. The molecule has 1 atom stereocenters. The molecule has 2 amide bonds. The van der Waals surface area contributed by atoms with Crippen molar-refractivity contribution in [1.82, 2.24) is 5.32 Å². The van der Waals surface area contributed by atoms with Crippen LogP contribution in [0.25, 0.3) is 0 Å². The zero-order chi connectivity index (χ0) is 24.2. The van der Waals surface area contributed by atoms with E-state index in [1.807, 2.05) is 5.32 Å². The third-order valence-corrected chi connectivity index (χ3v) is 2.88. The second-order valence-corrected chi connectivity index (χ2v) is 4.72. The molecule has 1 aromatic carbocycles. The first-order valence-electron chi connectivity index (χ1n) is 9.05. The Balaban J connectivity index is 3.12. The predicted octanol–water partition coefficient (Wildman–Crippen LogP) is 1.41. The van der Waals surface area contributed by atoms with Gasteiger partial charge in [-0.25, -0.2) is 4.79 Å². The summed E-state index contributed by atoms with van der Waals surface area (Å²) in [7, 11) is 1.63. The highest BCUT2D eigenvalue weighted by Crippen LogP contribution is 2.18. The molecule has 1 aromatic rings. The van der Waals surface area contributed by atoms with E-state index in [1.54, 1.807) is 5.32 Å². The molecule has 0 radical (unpaired) electrons. The molecule has 1 rings (SSSR count). The lowest BCUT2D eigenvalue weighted by atomic mass is 10.1. The molecule has 0 saturated heterocycles. The highest BCUT2D eigenvalue weighted by Gasteiger charge is 2.38. The maximum Gasteiger partial charge on any atom is 0.471 e. The molecular formula is C16H17F3N2O6.